The van der Waals surface area contributed by atoms with Gasteiger partial charge in [-0.15, -0.1) is 0 Å². The van der Waals surface area contributed by atoms with Crippen LogP contribution in [0.4, 0.5) is 0 Å². The fourth-order valence-corrected chi connectivity index (χ4v) is 1.96. The van der Waals surface area contributed by atoms with Gasteiger partial charge < -0.3 is 0 Å². The number of allylic oxidation sites excluding steroid dienone is 2. The van der Waals surface area contributed by atoms with Crippen LogP contribution in [0.3, 0.4) is 0 Å². The minimum atomic E-state index is 1.15. The van der Waals surface area contributed by atoms with E-state index < -0.39 is 0 Å². The van der Waals surface area contributed by atoms with Gasteiger partial charge in [-0.05, 0) is 44.9 Å². The lowest BCUT2D eigenvalue weighted by molar-refractivity contribution is 0.647. The highest BCUT2D eigenvalue weighted by molar-refractivity contribution is 4.93. The third kappa shape index (κ3) is 19.8. The molecule has 0 spiro atoms. The topological polar surface area (TPSA) is 0 Å². The van der Waals surface area contributed by atoms with Gasteiger partial charge in [-0.25, -0.2) is 0 Å². The van der Waals surface area contributed by atoms with E-state index in [9.17, 15) is 0 Å². The van der Waals surface area contributed by atoms with Crippen LogP contribution in [0.2, 0.25) is 0 Å². The molecule has 0 aliphatic rings. The standard InChI is InChI=1S/C12H24.C8H16/c1-4-6-8-9-11-12(3)10-7-5-2;1-4-6-7-8(3)5-2/h3-11H2,1-2H3;3-7H2,1-2H3. The van der Waals surface area contributed by atoms with Crippen LogP contribution in [0, 0.1) is 0 Å². The van der Waals surface area contributed by atoms with Gasteiger partial charge in [0.15, 0.2) is 0 Å². The fraction of sp³-hybridized carbons (Fsp3) is 0.800. The van der Waals surface area contributed by atoms with Gasteiger partial charge >= 0.3 is 0 Å². The molecule has 120 valence electrons. The van der Waals surface area contributed by atoms with Gasteiger partial charge in [-0.2, -0.15) is 0 Å². The Kier molecular flexibility index (Phi) is 20.1. The molecule has 20 heavy (non-hydrogen) atoms. The van der Waals surface area contributed by atoms with E-state index in [1.807, 2.05) is 0 Å². The molecule has 0 saturated carbocycles. The lowest BCUT2D eigenvalue weighted by Gasteiger charge is -2.03. The van der Waals surface area contributed by atoms with E-state index in [-0.39, 0.29) is 0 Å². The first-order valence-corrected chi connectivity index (χ1v) is 8.95. The first kappa shape index (κ1) is 21.8. The van der Waals surface area contributed by atoms with E-state index >= 15 is 0 Å². The average molecular weight is 281 g/mol. The van der Waals surface area contributed by atoms with Crippen LogP contribution in [0.5, 0.6) is 0 Å². The maximum absolute atomic E-state index is 4.09. The van der Waals surface area contributed by atoms with Gasteiger partial charge in [-0.1, -0.05) is 84.1 Å². The molecule has 0 radical (unpaired) electrons. The minimum Gasteiger partial charge on any atom is -0.0999 e. The van der Waals surface area contributed by atoms with Crippen molar-refractivity contribution in [1.29, 1.82) is 0 Å². The molecular weight excluding hydrogens is 240 g/mol. The average Bonchev–Trinajstić information content (AvgIpc) is 2.47. The van der Waals surface area contributed by atoms with E-state index in [0.717, 1.165) is 6.42 Å². The molecule has 0 N–H and O–H groups in total. The van der Waals surface area contributed by atoms with Crippen molar-refractivity contribution in [2.24, 2.45) is 0 Å². The van der Waals surface area contributed by atoms with Gasteiger partial charge in [0.2, 0.25) is 0 Å². The third-order valence-corrected chi connectivity index (χ3v) is 3.65. The van der Waals surface area contributed by atoms with Crippen molar-refractivity contribution in [3.63, 3.8) is 0 Å². The van der Waals surface area contributed by atoms with Gasteiger partial charge in [-0.3, -0.25) is 0 Å². The molecule has 0 fully saturated rings. The van der Waals surface area contributed by atoms with E-state index in [1.54, 1.807) is 0 Å². The van der Waals surface area contributed by atoms with E-state index in [1.165, 1.54) is 81.8 Å². The van der Waals surface area contributed by atoms with Crippen molar-refractivity contribution in [2.75, 3.05) is 0 Å². The zero-order chi connectivity index (χ0) is 15.6. The Hall–Kier alpha value is -0.520. The summed E-state index contributed by atoms with van der Waals surface area (Å²) in [7, 11) is 0. The van der Waals surface area contributed by atoms with Crippen molar-refractivity contribution in [3.05, 3.63) is 24.3 Å². The van der Waals surface area contributed by atoms with Crippen molar-refractivity contribution in [2.45, 2.75) is 105 Å². The number of hydrogen-bond acceptors (Lipinski definition) is 0. The second kappa shape index (κ2) is 18.5. The molecule has 0 rings (SSSR count). The second-order valence-electron chi connectivity index (χ2n) is 5.87. The van der Waals surface area contributed by atoms with Crippen LogP contribution in [0.25, 0.3) is 0 Å². The quantitative estimate of drug-likeness (QED) is 0.252. The molecule has 0 heterocycles. The lowest BCUT2D eigenvalue weighted by atomic mass is 10.0. The van der Waals surface area contributed by atoms with E-state index in [4.69, 9.17) is 0 Å². The van der Waals surface area contributed by atoms with Gasteiger partial charge in [0.05, 0.1) is 0 Å². The van der Waals surface area contributed by atoms with Crippen molar-refractivity contribution in [1.82, 2.24) is 0 Å². The summed E-state index contributed by atoms with van der Waals surface area (Å²) in [6.45, 7) is 16.9. The Morgan fingerprint density at radius 1 is 0.550 bits per heavy atom. The van der Waals surface area contributed by atoms with E-state index in [2.05, 4.69) is 40.9 Å². The van der Waals surface area contributed by atoms with Crippen LogP contribution in [0.15, 0.2) is 24.3 Å². The molecule has 0 aliphatic carbocycles. The summed E-state index contributed by atoms with van der Waals surface area (Å²) >= 11 is 0. The summed E-state index contributed by atoms with van der Waals surface area (Å²) in [5, 5.41) is 0. The number of hydrogen-bond donors (Lipinski definition) is 0. The summed E-state index contributed by atoms with van der Waals surface area (Å²) < 4.78 is 0. The molecule has 0 heteroatoms. The van der Waals surface area contributed by atoms with Crippen LogP contribution >= 0.6 is 0 Å². The minimum absolute atomic E-state index is 1.15. The first-order valence-electron chi connectivity index (χ1n) is 8.95. The molecular formula is C20H40. The van der Waals surface area contributed by atoms with Gasteiger partial charge in [0.1, 0.15) is 0 Å². The third-order valence-electron chi connectivity index (χ3n) is 3.65. The summed E-state index contributed by atoms with van der Waals surface area (Å²) in [4.78, 5) is 0. The monoisotopic (exact) mass is 280 g/mol. The van der Waals surface area contributed by atoms with Gasteiger partial charge in [0, 0.05) is 0 Å². The summed E-state index contributed by atoms with van der Waals surface area (Å²) in [5.74, 6) is 0. The summed E-state index contributed by atoms with van der Waals surface area (Å²) in [5.41, 5.74) is 2.86. The SMILES string of the molecule is C=C(CC)CCCC.C=C(CCCC)CCCCCC. The zero-order valence-corrected chi connectivity index (χ0v) is 14.9. The van der Waals surface area contributed by atoms with Crippen molar-refractivity contribution < 1.29 is 0 Å². The van der Waals surface area contributed by atoms with Crippen LogP contribution < -0.4 is 0 Å². The Morgan fingerprint density at radius 2 is 1.00 bits per heavy atom. The zero-order valence-electron chi connectivity index (χ0n) is 14.9. The highest BCUT2D eigenvalue weighted by Gasteiger charge is 1.93. The van der Waals surface area contributed by atoms with Crippen molar-refractivity contribution in [3.8, 4) is 0 Å². The largest absolute Gasteiger partial charge is 0.0999 e. The molecule has 0 atom stereocenters. The second-order valence-corrected chi connectivity index (χ2v) is 5.87. The molecule has 0 nitrogen and oxygen atoms in total. The molecule has 0 aromatic rings. The summed E-state index contributed by atoms with van der Waals surface area (Å²) in [6.07, 6.45) is 15.6. The number of rotatable bonds is 12. The molecule has 0 unspecified atom stereocenters. The molecule has 0 amide bonds. The fourth-order valence-electron chi connectivity index (χ4n) is 1.96. The Labute approximate surface area is 129 Å². The van der Waals surface area contributed by atoms with Crippen molar-refractivity contribution >= 4 is 0 Å². The van der Waals surface area contributed by atoms with Crippen LogP contribution in [-0.4, -0.2) is 0 Å². The van der Waals surface area contributed by atoms with E-state index in [0.29, 0.717) is 0 Å². The Balaban J connectivity index is 0. The predicted octanol–water partition coefficient (Wildman–Crippen LogP) is 7.85. The molecule has 0 aromatic carbocycles. The molecule has 0 bridgehead atoms. The lowest BCUT2D eigenvalue weighted by Crippen LogP contribution is -1.83. The van der Waals surface area contributed by atoms with Gasteiger partial charge in [0.25, 0.3) is 0 Å². The first-order chi connectivity index (χ1) is 9.62. The van der Waals surface area contributed by atoms with Crippen LogP contribution in [-0.2, 0) is 0 Å². The summed E-state index contributed by atoms with van der Waals surface area (Å²) in [6, 6.07) is 0. The molecule has 0 saturated heterocycles. The Bertz CT molecular complexity index is 212. The number of unbranched alkanes of at least 4 members (excludes halogenated alkanes) is 5. The maximum Gasteiger partial charge on any atom is -0.0323 e. The maximum atomic E-state index is 4.09. The highest BCUT2D eigenvalue weighted by atomic mass is 14.0. The highest BCUT2D eigenvalue weighted by Crippen LogP contribution is 2.13. The van der Waals surface area contributed by atoms with Crippen LogP contribution in [0.1, 0.15) is 105 Å². The molecule has 0 aliphatic heterocycles. The predicted molar refractivity (Wildman–Crippen MR) is 96.4 cm³/mol. The molecule has 0 aromatic heterocycles. The smallest absolute Gasteiger partial charge is 0.0323 e. The normalized spacial score (nSPS) is 9.80. The Morgan fingerprint density at radius 3 is 1.45 bits per heavy atom.